The molecular weight excluding hydrogens is 158 g/mol. The Morgan fingerprint density at radius 3 is 3.17 bits per heavy atom. The second-order valence-electron chi connectivity index (χ2n) is 3.38. The van der Waals surface area contributed by atoms with Gasteiger partial charge < -0.3 is 14.8 Å². The van der Waals surface area contributed by atoms with Gasteiger partial charge in [-0.1, -0.05) is 12.2 Å². The number of carbonyl (C=O) groups excluding carboxylic acids is 1. The number of amides is 1. The van der Waals surface area contributed by atoms with Gasteiger partial charge in [0.05, 0.1) is 18.2 Å². The smallest absolute Gasteiger partial charge is 0.407 e. The van der Waals surface area contributed by atoms with Crippen LogP contribution in [0, 0.1) is 5.92 Å². The fraction of sp³-hybridized carbons (Fsp3) is 0.625. The number of fused-ring (bicyclic) bond motifs is 5. The number of hydrogen-bond acceptors (Lipinski definition) is 3. The van der Waals surface area contributed by atoms with Crippen LogP contribution in [0.3, 0.4) is 0 Å². The zero-order valence-corrected chi connectivity index (χ0v) is 6.40. The highest BCUT2D eigenvalue weighted by molar-refractivity contribution is 5.69. The van der Waals surface area contributed by atoms with Crippen molar-refractivity contribution in [2.24, 2.45) is 5.92 Å². The Kier molecular flexibility index (Phi) is 1.09. The van der Waals surface area contributed by atoms with Gasteiger partial charge in [0.25, 0.3) is 0 Å². The first-order chi connectivity index (χ1) is 5.84. The Hall–Kier alpha value is -1.03. The topological polar surface area (TPSA) is 47.6 Å². The minimum atomic E-state index is -0.319. The maximum atomic E-state index is 10.9. The van der Waals surface area contributed by atoms with E-state index in [-0.39, 0.29) is 24.3 Å². The zero-order valence-electron chi connectivity index (χ0n) is 6.40. The number of alkyl carbamates (subject to hydrolysis) is 1. The van der Waals surface area contributed by atoms with Crippen LogP contribution in [0.2, 0.25) is 0 Å². The van der Waals surface area contributed by atoms with E-state index in [4.69, 9.17) is 9.47 Å². The van der Waals surface area contributed by atoms with Gasteiger partial charge in [-0.05, 0) is 0 Å². The molecule has 12 heavy (non-hydrogen) atoms. The number of rotatable bonds is 0. The van der Waals surface area contributed by atoms with Crippen LogP contribution in [0.1, 0.15) is 0 Å². The molecule has 3 aliphatic heterocycles. The number of cyclic esters (lactones) is 1. The lowest BCUT2D eigenvalue weighted by Gasteiger charge is -2.29. The summed E-state index contributed by atoms with van der Waals surface area (Å²) < 4.78 is 10.4. The lowest BCUT2D eigenvalue weighted by Crippen LogP contribution is -2.51. The van der Waals surface area contributed by atoms with Gasteiger partial charge in [-0.2, -0.15) is 0 Å². The van der Waals surface area contributed by atoms with E-state index in [1.54, 1.807) is 0 Å². The molecule has 3 rings (SSSR count). The molecule has 0 spiro atoms. The van der Waals surface area contributed by atoms with E-state index < -0.39 is 0 Å². The van der Waals surface area contributed by atoms with Gasteiger partial charge in [0, 0.05) is 5.92 Å². The number of ether oxygens (including phenoxy) is 2. The third kappa shape index (κ3) is 0.679. The van der Waals surface area contributed by atoms with Gasteiger partial charge in [0.1, 0.15) is 6.61 Å². The molecule has 3 aliphatic rings. The van der Waals surface area contributed by atoms with Crippen molar-refractivity contribution in [3.8, 4) is 0 Å². The summed E-state index contributed by atoms with van der Waals surface area (Å²) in [6.45, 7) is 0.488. The minimum absolute atomic E-state index is 0.0767. The van der Waals surface area contributed by atoms with E-state index in [1.165, 1.54) is 0 Å². The largest absolute Gasteiger partial charge is 0.449 e. The first kappa shape index (κ1) is 6.48. The molecule has 64 valence electrons. The van der Waals surface area contributed by atoms with Crippen LogP contribution in [0.4, 0.5) is 4.79 Å². The molecule has 4 atom stereocenters. The second kappa shape index (κ2) is 2.01. The molecule has 0 aliphatic carbocycles. The molecule has 1 N–H and O–H groups in total. The fourth-order valence-corrected chi connectivity index (χ4v) is 2.12. The van der Waals surface area contributed by atoms with Crippen molar-refractivity contribution in [2.45, 2.75) is 18.2 Å². The van der Waals surface area contributed by atoms with Gasteiger partial charge in [-0.25, -0.2) is 4.79 Å². The number of carbonyl (C=O) groups is 1. The summed E-state index contributed by atoms with van der Waals surface area (Å²) in [6, 6.07) is 0.140. The highest BCUT2D eigenvalue weighted by atomic mass is 16.6. The van der Waals surface area contributed by atoms with Crippen molar-refractivity contribution in [3.63, 3.8) is 0 Å². The van der Waals surface area contributed by atoms with E-state index in [9.17, 15) is 4.79 Å². The molecule has 0 aromatic carbocycles. The average molecular weight is 167 g/mol. The van der Waals surface area contributed by atoms with Crippen LogP contribution < -0.4 is 5.32 Å². The highest BCUT2D eigenvalue weighted by Gasteiger charge is 2.49. The summed E-state index contributed by atoms with van der Waals surface area (Å²) in [5, 5.41) is 2.77. The molecule has 2 bridgehead atoms. The molecule has 2 fully saturated rings. The van der Waals surface area contributed by atoms with E-state index in [0.29, 0.717) is 12.5 Å². The normalized spacial score (nSPS) is 48.5. The lowest BCUT2D eigenvalue weighted by atomic mass is 9.89. The Morgan fingerprint density at radius 2 is 2.25 bits per heavy atom. The molecule has 0 unspecified atom stereocenters. The van der Waals surface area contributed by atoms with Crippen molar-refractivity contribution in [2.75, 3.05) is 6.61 Å². The maximum absolute atomic E-state index is 10.9. The quantitative estimate of drug-likeness (QED) is 0.518. The summed E-state index contributed by atoms with van der Waals surface area (Å²) in [5.74, 6) is 0.317. The Bertz CT molecular complexity index is 263. The van der Waals surface area contributed by atoms with Gasteiger partial charge >= 0.3 is 6.09 Å². The standard InChI is InChI=1S/C8H9NO3/c10-8-9-7-4(3-11-8)5-1-2-6(7)12-5/h1-2,4-7H,3H2,(H,9,10)/t4-,5-,6+,7-/m1/s1. The van der Waals surface area contributed by atoms with E-state index in [2.05, 4.69) is 5.32 Å². The average Bonchev–Trinajstić information content (AvgIpc) is 2.63. The number of nitrogens with one attached hydrogen (secondary N) is 1. The van der Waals surface area contributed by atoms with Crippen LogP contribution in [0.5, 0.6) is 0 Å². The van der Waals surface area contributed by atoms with Crippen LogP contribution in [0.15, 0.2) is 12.2 Å². The molecule has 2 saturated heterocycles. The first-order valence-electron chi connectivity index (χ1n) is 4.12. The molecule has 0 aromatic heterocycles. The van der Waals surface area contributed by atoms with Gasteiger partial charge in [0.2, 0.25) is 0 Å². The summed E-state index contributed by atoms with van der Waals surface area (Å²) in [4.78, 5) is 10.9. The Morgan fingerprint density at radius 1 is 1.42 bits per heavy atom. The first-order valence-corrected chi connectivity index (χ1v) is 4.12. The molecule has 4 heteroatoms. The van der Waals surface area contributed by atoms with Crippen molar-refractivity contribution < 1.29 is 14.3 Å². The molecule has 0 radical (unpaired) electrons. The predicted molar refractivity (Wildman–Crippen MR) is 39.6 cm³/mol. The lowest BCUT2D eigenvalue weighted by molar-refractivity contribution is 0.0767. The second-order valence-corrected chi connectivity index (χ2v) is 3.38. The molecule has 4 nitrogen and oxygen atoms in total. The molecule has 1 amide bonds. The Labute approximate surface area is 69.5 Å². The SMILES string of the molecule is O=C1N[C@@H]2[C@H](CO1)[C@H]1C=C[C@@H]2O1. The summed E-state index contributed by atoms with van der Waals surface area (Å²) >= 11 is 0. The van der Waals surface area contributed by atoms with E-state index >= 15 is 0 Å². The minimum Gasteiger partial charge on any atom is -0.449 e. The fourth-order valence-electron chi connectivity index (χ4n) is 2.12. The molecule has 0 saturated carbocycles. The summed E-state index contributed by atoms with van der Waals surface area (Å²) in [5.41, 5.74) is 0. The van der Waals surface area contributed by atoms with Crippen LogP contribution in [0.25, 0.3) is 0 Å². The van der Waals surface area contributed by atoms with Crippen LogP contribution >= 0.6 is 0 Å². The molecule has 0 aromatic rings. The van der Waals surface area contributed by atoms with Crippen molar-refractivity contribution in [1.82, 2.24) is 5.32 Å². The highest BCUT2D eigenvalue weighted by Crippen LogP contribution is 2.35. The molecular formula is C8H9NO3. The predicted octanol–water partition coefficient (Wildman–Crippen LogP) is 0.0482. The van der Waals surface area contributed by atoms with Gasteiger partial charge in [-0.3, -0.25) is 0 Å². The molecule has 3 heterocycles. The third-order valence-corrected chi connectivity index (χ3v) is 2.73. The van der Waals surface area contributed by atoms with Crippen LogP contribution in [-0.4, -0.2) is 30.9 Å². The van der Waals surface area contributed by atoms with Gasteiger partial charge in [-0.15, -0.1) is 0 Å². The summed E-state index contributed by atoms with van der Waals surface area (Å²) in [7, 11) is 0. The third-order valence-electron chi connectivity index (χ3n) is 2.73. The maximum Gasteiger partial charge on any atom is 0.407 e. The van der Waals surface area contributed by atoms with Crippen molar-refractivity contribution in [3.05, 3.63) is 12.2 Å². The summed E-state index contributed by atoms with van der Waals surface area (Å²) in [6.07, 6.45) is 3.97. The van der Waals surface area contributed by atoms with Gasteiger partial charge in [0.15, 0.2) is 0 Å². The van der Waals surface area contributed by atoms with E-state index in [1.807, 2.05) is 12.2 Å². The monoisotopic (exact) mass is 167 g/mol. The van der Waals surface area contributed by atoms with Crippen molar-refractivity contribution >= 4 is 6.09 Å². The number of hydrogen-bond donors (Lipinski definition) is 1. The zero-order chi connectivity index (χ0) is 8.13. The van der Waals surface area contributed by atoms with E-state index in [0.717, 1.165) is 0 Å². The van der Waals surface area contributed by atoms with Crippen molar-refractivity contribution in [1.29, 1.82) is 0 Å². The van der Waals surface area contributed by atoms with Crippen LogP contribution in [-0.2, 0) is 9.47 Å². The Balaban J connectivity index is 1.90.